The van der Waals surface area contributed by atoms with Crippen molar-refractivity contribution in [1.82, 2.24) is 0 Å². The predicted molar refractivity (Wildman–Crippen MR) is 86.6 cm³/mol. The van der Waals surface area contributed by atoms with Gasteiger partial charge in [-0.25, -0.2) is 0 Å². The van der Waals surface area contributed by atoms with Gasteiger partial charge in [0.2, 0.25) is 0 Å². The average Bonchev–Trinajstić information content (AvgIpc) is 2.50. The van der Waals surface area contributed by atoms with Gasteiger partial charge in [0.1, 0.15) is 11.5 Å². The molecule has 2 rings (SSSR count). The van der Waals surface area contributed by atoms with Gasteiger partial charge >= 0.3 is 0 Å². The molecule has 0 bridgehead atoms. The number of carbonyl (C=O) groups is 1. The van der Waals surface area contributed by atoms with Crippen molar-refractivity contribution >= 4 is 33.8 Å². The summed E-state index contributed by atoms with van der Waals surface area (Å²) in [6.45, 7) is 1.02. The first-order chi connectivity index (χ1) is 10.2. The Hall–Kier alpha value is -1.52. The number of hydrogen-bond acceptors (Lipinski definition) is 3. The lowest BCUT2D eigenvalue weighted by molar-refractivity contribution is 0.111. The van der Waals surface area contributed by atoms with Crippen molar-refractivity contribution in [3.63, 3.8) is 0 Å². The topological polar surface area (TPSA) is 35.5 Å². The first kappa shape index (κ1) is 15.9. The van der Waals surface area contributed by atoms with Gasteiger partial charge in [0.25, 0.3) is 0 Å². The van der Waals surface area contributed by atoms with Crippen molar-refractivity contribution in [1.29, 1.82) is 0 Å². The summed E-state index contributed by atoms with van der Waals surface area (Å²) in [6.07, 6.45) is 1.50. The molecule has 0 fully saturated rings. The Kier molecular flexibility index (Phi) is 6.08. The van der Waals surface area contributed by atoms with Crippen LogP contribution in [0.3, 0.4) is 0 Å². The molecule has 0 unspecified atom stereocenters. The van der Waals surface area contributed by atoms with Gasteiger partial charge in [-0.15, -0.1) is 0 Å². The monoisotopic (exact) mass is 368 g/mol. The Morgan fingerprint density at radius 2 is 1.76 bits per heavy atom. The Morgan fingerprint density at radius 3 is 2.48 bits per heavy atom. The molecule has 0 atom stereocenters. The highest BCUT2D eigenvalue weighted by atomic mass is 79.9. The minimum atomic E-state index is 0.482. The molecule has 5 heteroatoms. The summed E-state index contributed by atoms with van der Waals surface area (Å²) in [7, 11) is 0. The van der Waals surface area contributed by atoms with Crippen LogP contribution in [0.5, 0.6) is 11.5 Å². The zero-order valence-corrected chi connectivity index (χ0v) is 13.6. The Labute approximate surface area is 137 Å². The third kappa shape index (κ3) is 5.06. The summed E-state index contributed by atoms with van der Waals surface area (Å²) >= 11 is 9.11. The van der Waals surface area contributed by atoms with Crippen molar-refractivity contribution in [3.8, 4) is 11.5 Å². The molecule has 0 heterocycles. The van der Waals surface area contributed by atoms with Crippen molar-refractivity contribution in [2.75, 3.05) is 13.2 Å². The van der Waals surface area contributed by atoms with Gasteiger partial charge in [0.05, 0.1) is 18.8 Å². The minimum Gasteiger partial charge on any atom is -0.493 e. The molecule has 0 spiro atoms. The van der Waals surface area contributed by atoms with E-state index in [4.69, 9.17) is 21.1 Å². The lowest BCUT2D eigenvalue weighted by Crippen LogP contribution is -2.06. The lowest BCUT2D eigenvalue weighted by atomic mass is 10.2. The molecule has 3 nitrogen and oxygen atoms in total. The second-order valence-electron chi connectivity index (χ2n) is 4.30. The summed E-state index contributed by atoms with van der Waals surface area (Å²) in [5, 5.41) is 0.683. The highest BCUT2D eigenvalue weighted by Gasteiger charge is 2.03. The van der Waals surface area contributed by atoms with Crippen LogP contribution in [0.1, 0.15) is 16.8 Å². The molecule has 110 valence electrons. The van der Waals surface area contributed by atoms with E-state index in [9.17, 15) is 4.79 Å². The van der Waals surface area contributed by atoms with Crippen LogP contribution < -0.4 is 9.47 Å². The highest BCUT2D eigenvalue weighted by molar-refractivity contribution is 9.10. The van der Waals surface area contributed by atoms with E-state index in [2.05, 4.69) is 15.9 Å². The summed E-state index contributed by atoms with van der Waals surface area (Å²) in [4.78, 5) is 10.9. The number of halogens is 2. The fourth-order valence-corrected chi connectivity index (χ4v) is 2.21. The SMILES string of the molecule is O=Cc1cc(Br)ccc1OCCCOc1ccc(Cl)cc1. The van der Waals surface area contributed by atoms with E-state index in [0.717, 1.165) is 22.9 Å². The Morgan fingerprint density at radius 1 is 1.05 bits per heavy atom. The van der Waals surface area contributed by atoms with Crippen LogP contribution in [0.15, 0.2) is 46.9 Å². The van der Waals surface area contributed by atoms with Crippen LogP contribution in [0.2, 0.25) is 5.02 Å². The van der Waals surface area contributed by atoms with Crippen LogP contribution in [0, 0.1) is 0 Å². The molecule has 0 amide bonds. The van der Waals surface area contributed by atoms with Gasteiger partial charge in [-0.3, -0.25) is 4.79 Å². The molecule has 0 aliphatic rings. The van der Waals surface area contributed by atoms with Gasteiger partial charge in [-0.2, -0.15) is 0 Å². The molecule has 0 aliphatic heterocycles. The predicted octanol–water partition coefficient (Wildman–Crippen LogP) is 4.76. The van der Waals surface area contributed by atoms with Crippen LogP contribution in [0.4, 0.5) is 0 Å². The fraction of sp³-hybridized carbons (Fsp3) is 0.188. The van der Waals surface area contributed by atoms with Gasteiger partial charge in [-0.1, -0.05) is 27.5 Å². The third-order valence-corrected chi connectivity index (χ3v) is 3.47. The van der Waals surface area contributed by atoms with Crippen molar-refractivity contribution < 1.29 is 14.3 Å². The summed E-state index contributed by atoms with van der Waals surface area (Å²) in [5.41, 5.74) is 0.531. The van der Waals surface area contributed by atoms with E-state index >= 15 is 0 Å². The van der Waals surface area contributed by atoms with Gasteiger partial charge < -0.3 is 9.47 Å². The number of rotatable bonds is 7. The number of benzene rings is 2. The molecule has 2 aromatic rings. The maximum atomic E-state index is 10.9. The van der Waals surface area contributed by atoms with E-state index < -0.39 is 0 Å². The summed E-state index contributed by atoms with van der Waals surface area (Å²) in [6, 6.07) is 12.6. The van der Waals surface area contributed by atoms with Gasteiger partial charge in [0.15, 0.2) is 6.29 Å². The Bertz CT molecular complexity index is 599. The Balaban J connectivity index is 1.75. The third-order valence-electron chi connectivity index (χ3n) is 2.73. The molecule has 2 aromatic carbocycles. The molecular weight excluding hydrogens is 356 g/mol. The number of ether oxygens (including phenoxy) is 2. The quantitative estimate of drug-likeness (QED) is 0.521. The van der Waals surface area contributed by atoms with E-state index in [0.29, 0.717) is 29.5 Å². The van der Waals surface area contributed by atoms with Crippen molar-refractivity contribution in [3.05, 3.63) is 57.5 Å². The molecule has 0 saturated heterocycles. The average molecular weight is 370 g/mol. The maximum Gasteiger partial charge on any atom is 0.153 e. The molecule has 0 N–H and O–H groups in total. The standard InChI is InChI=1S/C16H14BrClO3/c17-13-2-7-16(12(10-13)11-19)21-9-1-8-20-15-5-3-14(18)4-6-15/h2-7,10-11H,1,8-9H2. The smallest absolute Gasteiger partial charge is 0.153 e. The second-order valence-corrected chi connectivity index (χ2v) is 5.66. The van der Waals surface area contributed by atoms with Crippen molar-refractivity contribution in [2.45, 2.75) is 6.42 Å². The molecular formula is C16H14BrClO3. The zero-order chi connectivity index (χ0) is 15.1. The van der Waals surface area contributed by atoms with Crippen LogP contribution in [-0.2, 0) is 0 Å². The van der Waals surface area contributed by atoms with Crippen LogP contribution in [-0.4, -0.2) is 19.5 Å². The summed E-state index contributed by atoms with van der Waals surface area (Å²) < 4.78 is 12.0. The lowest BCUT2D eigenvalue weighted by Gasteiger charge is -2.09. The highest BCUT2D eigenvalue weighted by Crippen LogP contribution is 2.22. The summed E-state index contributed by atoms with van der Waals surface area (Å²) in [5.74, 6) is 1.36. The molecule has 21 heavy (non-hydrogen) atoms. The van der Waals surface area contributed by atoms with E-state index in [1.165, 1.54) is 0 Å². The van der Waals surface area contributed by atoms with E-state index in [1.807, 2.05) is 18.2 Å². The van der Waals surface area contributed by atoms with Gasteiger partial charge in [-0.05, 0) is 42.5 Å². The first-order valence-electron chi connectivity index (χ1n) is 6.45. The van der Waals surface area contributed by atoms with Crippen LogP contribution in [0.25, 0.3) is 0 Å². The van der Waals surface area contributed by atoms with Crippen LogP contribution >= 0.6 is 27.5 Å². The largest absolute Gasteiger partial charge is 0.493 e. The van der Waals surface area contributed by atoms with E-state index in [-0.39, 0.29) is 0 Å². The molecule has 0 aromatic heterocycles. The maximum absolute atomic E-state index is 10.9. The normalized spacial score (nSPS) is 10.2. The molecule has 0 saturated carbocycles. The molecule has 0 aliphatic carbocycles. The van der Waals surface area contributed by atoms with Gasteiger partial charge in [0, 0.05) is 15.9 Å². The van der Waals surface area contributed by atoms with E-state index in [1.54, 1.807) is 24.3 Å². The van der Waals surface area contributed by atoms with Crippen molar-refractivity contribution in [2.24, 2.45) is 0 Å². The first-order valence-corrected chi connectivity index (χ1v) is 7.62. The number of hydrogen-bond donors (Lipinski definition) is 0. The minimum absolute atomic E-state index is 0.482. The second kappa shape index (κ2) is 8.05. The number of aldehydes is 1. The molecule has 0 radical (unpaired) electrons. The fourth-order valence-electron chi connectivity index (χ4n) is 1.70. The number of carbonyl (C=O) groups excluding carboxylic acids is 1. The zero-order valence-electron chi connectivity index (χ0n) is 11.2.